The van der Waals surface area contributed by atoms with Crippen LogP contribution in [0, 0.1) is 0 Å². The van der Waals surface area contributed by atoms with Gasteiger partial charge in [0.2, 0.25) is 5.91 Å². The number of aliphatic carboxylic acids is 1. The van der Waals surface area contributed by atoms with Crippen molar-refractivity contribution in [1.82, 2.24) is 19.5 Å². The molecule has 0 radical (unpaired) electrons. The van der Waals surface area contributed by atoms with Gasteiger partial charge in [0.05, 0.1) is 23.4 Å². The molecular formula is C20H19N7O7. The Hall–Kier alpha value is -5.10. The van der Waals surface area contributed by atoms with Crippen LogP contribution in [0.3, 0.4) is 0 Å². The Balaban J connectivity index is 0.00000129. The lowest BCUT2D eigenvalue weighted by Crippen LogP contribution is -2.33. The molecule has 0 saturated carbocycles. The zero-order valence-corrected chi connectivity index (χ0v) is 17.7. The number of esters is 1. The van der Waals surface area contributed by atoms with Gasteiger partial charge >= 0.3 is 18.1 Å². The maximum Gasteiger partial charge on any atom is 0.373 e. The van der Waals surface area contributed by atoms with Crippen LogP contribution in [0.2, 0.25) is 0 Å². The molecule has 1 aromatic carbocycles. The van der Waals surface area contributed by atoms with Crippen molar-refractivity contribution in [3.63, 3.8) is 0 Å². The SMILES string of the molecule is CN(CC(=O)O)C(=O)Cc1ccc(OC(=O)c2ccc(N=C(N)N)cc2)c2ncnn12.O=C=O. The number of amides is 1. The van der Waals surface area contributed by atoms with Gasteiger partial charge in [-0.15, -0.1) is 0 Å². The summed E-state index contributed by atoms with van der Waals surface area (Å²) in [4.78, 5) is 60.8. The Morgan fingerprint density at radius 2 is 1.79 bits per heavy atom. The van der Waals surface area contributed by atoms with Crippen molar-refractivity contribution in [3.8, 4) is 5.75 Å². The van der Waals surface area contributed by atoms with Crippen LogP contribution in [0.1, 0.15) is 16.1 Å². The summed E-state index contributed by atoms with van der Waals surface area (Å²) < 4.78 is 6.79. The Morgan fingerprint density at radius 1 is 1.15 bits per heavy atom. The Morgan fingerprint density at radius 3 is 2.38 bits per heavy atom. The molecule has 0 aliphatic carbocycles. The number of carbonyl (C=O) groups is 3. The van der Waals surface area contributed by atoms with Crippen LogP contribution in [0.25, 0.3) is 5.65 Å². The number of fused-ring (bicyclic) bond motifs is 1. The van der Waals surface area contributed by atoms with Crippen LogP contribution in [0.15, 0.2) is 47.7 Å². The highest BCUT2D eigenvalue weighted by molar-refractivity contribution is 5.92. The maximum absolute atomic E-state index is 12.5. The minimum Gasteiger partial charge on any atom is -0.480 e. The molecule has 176 valence electrons. The van der Waals surface area contributed by atoms with E-state index < -0.39 is 24.4 Å². The lowest BCUT2D eigenvalue weighted by molar-refractivity contribution is -0.191. The van der Waals surface area contributed by atoms with E-state index in [2.05, 4.69) is 15.1 Å². The van der Waals surface area contributed by atoms with Crippen molar-refractivity contribution in [1.29, 1.82) is 0 Å². The van der Waals surface area contributed by atoms with Crippen molar-refractivity contribution in [2.45, 2.75) is 6.42 Å². The van der Waals surface area contributed by atoms with Crippen LogP contribution < -0.4 is 16.2 Å². The fraction of sp³-hybridized carbons (Fsp3) is 0.150. The van der Waals surface area contributed by atoms with Gasteiger partial charge in [-0.1, -0.05) is 0 Å². The van der Waals surface area contributed by atoms with Crippen molar-refractivity contribution < 1.29 is 33.8 Å². The quantitative estimate of drug-likeness (QED) is 0.225. The summed E-state index contributed by atoms with van der Waals surface area (Å²) in [6.07, 6.45) is 1.40. The number of carboxylic acid groups (broad SMARTS) is 1. The predicted molar refractivity (Wildman–Crippen MR) is 114 cm³/mol. The highest BCUT2D eigenvalue weighted by Gasteiger charge is 2.18. The second-order valence-corrected chi connectivity index (χ2v) is 6.56. The molecule has 0 saturated heterocycles. The molecular weight excluding hydrogens is 450 g/mol. The summed E-state index contributed by atoms with van der Waals surface area (Å²) in [7, 11) is 1.39. The molecule has 3 rings (SSSR count). The number of nitrogens with zero attached hydrogens (tertiary/aromatic N) is 5. The summed E-state index contributed by atoms with van der Waals surface area (Å²) in [6.45, 7) is -0.420. The minimum atomic E-state index is -1.12. The lowest BCUT2D eigenvalue weighted by Gasteiger charge is -2.15. The predicted octanol–water partition coefficient (Wildman–Crippen LogP) is -0.645. The molecule has 0 aliphatic rings. The number of hydrogen-bond donors (Lipinski definition) is 3. The Kier molecular flexibility index (Phi) is 8.51. The van der Waals surface area contributed by atoms with Gasteiger partial charge in [0.1, 0.15) is 12.9 Å². The second kappa shape index (κ2) is 11.5. The number of benzene rings is 1. The molecule has 1 amide bonds. The Bertz CT molecular complexity index is 1260. The number of nitrogens with two attached hydrogens (primary N) is 2. The molecule has 0 spiro atoms. The number of likely N-dealkylation sites (N-methyl/N-ethyl adjacent to an activating group) is 1. The molecule has 2 heterocycles. The first-order valence-electron chi connectivity index (χ1n) is 9.34. The van der Waals surface area contributed by atoms with E-state index in [0.717, 1.165) is 4.90 Å². The van der Waals surface area contributed by atoms with Gasteiger partial charge in [0, 0.05) is 7.05 Å². The molecule has 14 nitrogen and oxygen atoms in total. The van der Waals surface area contributed by atoms with Gasteiger partial charge in [-0.3, -0.25) is 9.59 Å². The first kappa shape index (κ1) is 25.2. The summed E-state index contributed by atoms with van der Waals surface area (Å²) in [6, 6.07) is 9.19. The van der Waals surface area contributed by atoms with Crippen molar-refractivity contribution in [2.75, 3.05) is 13.6 Å². The zero-order chi connectivity index (χ0) is 25.3. The highest BCUT2D eigenvalue weighted by atomic mass is 16.5. The zero-order valence-electron chi connectivity index (χ0n) is 17.7. The topological polar surface area (TPSA) is 213 Å². The molecule has 0 aliphatic heterocycles. The Labute approximate surface area is 191 Å². The van der Waals surface area contributed by atoms with Crippen LogP contribution in [-0.2, 0) is 25.6 Å². The van der Waals surface area contributed by atoms with Crippen molar-refractivity contribution >= 4 is 41.3 Å². The minimum absolute atomic E-state index is 0.0998. The second-order valence-electron chi connectivity index (χ2n) is 6.56. The smallest absolute Gasteiger partial charge is 0.373 e. The van der Waals surface area contributed by atoms with Crippen molar-refractivity contribution in [3.05, 3.63) is 54.0 Å². The fourth-order valence-corrected chi connectivity index (χ4v) is 2.71. The molecule has 0 fully saturated rings. The van der Waals surface area contributed by atoms with Crippen LogP contribution in [0.5, 0.6) is 5.75 Å². The molecule has 34 heavy (non-hydrogen) atoms. The summed E-state index contributed by atoms with van der Waals surface area (Å²) in [5, 5.41) is 12.9. The highest BCUT2D eigenvalue weighted by Crippen LogP contribution is 2.22. The number of aromatic nitrogens is 3. The van der Waals surface area contributed by atoms with Crippen LogP contribution >= 0.6 is 0 Å². The van der Waals surface area contributed by atoms with Gasteiger partial charge in [-0.05, 0) is 36.4 Å². The monoisotopic (exact) mass is 469 g/mol. The van der Waals surface area contributed by atoms with Crippen molar-refractivity contribution in [2.24, 2.45) is 16.5 Å². The first-order valence-corrected chi connectivity index (χ1v) is 9.34. The van der Waals surface area contributed by atoms with E-state index in [4.69, 9.17) is 30.9 Å². The largest absolute Gasteiger partial charge is 0.480 e. The first-order chi connectivity index (χ1) is 16.2. The molecule has 3 aromatic rings. The molecule has 14 heteroatoms. The van der Waals surface area contributed by atoms with Crippen LogP contribution in [-0.4, -0.2) is 68.2 Å². The van der Waals surface area contributed by atoms with E-state index in [0.29, 0.717) is 11.4 Å². The summed E-state index contributed by atoms with van der Waals surface area (Å²) in [5.74, 6) is -2.12. The number of ether oxygens (including phenoxy) is 1. The summed E-state index contributed by atoms with van der Waals surface area (Å²) in [5.41, 5.74) is 12.1. The number of rotatable bonds is 7. The van der Waals surface area contributed by atoms with Gasteiger partial charge in [0.25, 0.3) is 0 Å². The van der Waals surface area contributed by atoms with E-state index in [9.17, 15) is 14.4 Å². The average molecular weight is 469 g/mol. The van der Waals surface area contributed by atoms with E-state index in [1.54, 1.807) is 18.2 Å². The molecule has 2 aromatic heterocycles. The van der Waals surface area contributed by atoms with Gasteiger partial charge in [-0.2, -0.15) is 14.7 Å². The van der Waals surface area contributed by atoms with E-state index in [1.807, 2.05) is 0 Å². The molecule has 0 unspecified atom stereocenters. The standard InChI is InChI=1S/C19H19N7O5.CO2/c1-25(9-16(28)29)15(27)8-13-6-7-14(17-22-10-23-26(13)17)31-18(30)11-2-4-12(5-3-11)24-19(20)21;2-1-3/h2-7,10H,8-9H2,1H3,(H,28,29)(H4,20,21,24);. The number of guanidine groups is 1. The van der Waals surface area contributed by atoms with Gasteiger partial charge in [-0.25, -0.2) is 19.3 Å². The molecule has 5 N–H and O–H groups in total. The van der Waals surface area contributed by atoms with Gasteiger partial charge in [0.15, 0.2) is 17.4 Å². The third-order valence-corrected chi connectivity index (χ3v) is 4.16. The number of carbonyl (C=O) groups excluding carboxylic acids is 4. The normalized spacial score (nSPS) is 9.79. The van der Waals surface area contributed by atoms with E-state index in [-0.39, 0.29) is 35.5 Å². The molecule has 0 atom stereocenters. The third kappa shape index (κ3) is 6.70. The number of carboxylic acids is 1. The molecule has 0 bridgehead atoms. The fourth-order valence-electron chi connectivity index (χ4n) is 2.71. The third-order valence-electron chi connectivity index (χ3n) is 4.16. The van der Waals surface area contributed by atoms with Crippen LogP contribution in [0.4, 0.5) is 5.69 Å². The average Bonchev–Trinajstić information content (AvgIpc) is 3.26. The summed E-state index contributed by atoms with van der Waals surface area (Å²) >= 11 is 0. The van der Waals surface area contributed by atoms with E-state index >= 15 is 0 Å². The number of pyridine rings is 1. The number of hydrogen-bond acceptors (Lipinski definition) is 9. The van der Waals surface area contributed by atoms with E-state index in [1.165, 1.54) is 36.1 Å². The number of aliphatic imine (C=N–C) groups is 1. The lowest BCUT2D eigenvalue weighted by atomic mass is 10.2. The maximum atomic E-state index is 12.5. The van der Waals surface area contributed by atoms with Gasteiger partial charge < -0.3 is 26.2 Å².